The Hall–Kier alpha value is -1.14. The van der Waals surface area contributed by atoms with Crippen LogP contribution >= 0.6 is 23.2 Å². The van der Waals surface area contributed by atoms with Gasteiger partial charge in [0.1, 0.15) is 0 Å². The zero-order valence-corrected chi connectivity index (χ0v) is 14.3. The van der Waals surface area contributed by atoms with E-state index >= 15 is 0 Å². The summed E-state index contributed by atoms with van der Waals surface area (Å²) >= 11 is 12.0. The summed E-state index contributed by atoms with van der Waals surface area (Å²) in [5.41, 5.74) is 0.649. The van der Waals surface area contributed by atoms with E-state index in [1.54, 1.807) is 25.1 Å². The maximum Gasteiger partial charge on any atom is 0.249 e. The Labute approximate surface area is 139 Å². The first-order valence-electron chi connectivity index (χ1n) is 7.06. The van der Waals surface area contributed by atoms with Gasteiger partial charge in [-0.15, -0.1) is 10.2 Å². The van der Waals surface area contributed by atoms with E-state index in [2.05, 4.69) is 28.9 Å². The van der Waals surface area contributed by atoms with E-state index in [-0.39, 0.29) is 6.04 Å². The van der Waals surface area contributed by atoms with Gasteiger partial charge in [0.25, 0.3) is 0 Å². The number of nitrogens with zero attached hydrogens (tertiary/aromatic N) is 3. The molecule has 7 heteroatoms. The molecular weight excluding hydrogens is 325 g/mol. The highest BCUT2D eigenvalue weighted by Crippen LogP contribution is 2.29. The van der Waals surface area contributed by atoms with Crippen molar-refractivity contribution in [2.45, 2.75) is 39.5 Å². The predicted molar refractivity (Wildman–Crippen MR) is 87.0 cm³/mol. The van der Waals surface area contributed by atoms with Gasteiger partial charge in [-0.25, -0.2) is 0 Å². The first-order chi connectivity index (χ1) is 10.4. The van der Waals surface area contributed by atoms with Gasteiger partial charge >= 0.3 is 0 Å². The van der Waals surface area contributed by atoms with E-state index in [1.165, 1.54) is 0 Å². The van der Waals surface area contributed by atoms with Crippen molar-refractivity contribution < 1.29 is 9.52 Å². The number of hydrogen-bond acceptors (Lipinski definition) is 5. The number of halogens is 2. The maximum absolute atomic E-state index is 9.56. The fourth-order valence-corrected chi connectivity index (χ4v) is 2.55. The number of benzene rings is 1. The molecule has 0 spiro atoms. The van der Waals surface area contributed by atoms with Crippen LogP contribution in [0.1, 0.15) is 26.7 Å². The third kappa shape index (κ3) is 4.43. The quantitative estimate of drug-likeness (QED) is 0.867. The van der Waals surface area contributed by atoms with Crippen molar-refractivity contribution in [3.63, 3.8) is 0 Å². The topological polar surface area (TPSA) is 62.4 Å². The van der Waals surface area contributed by atoms with Crippen molar-refractivity contribution in [1.29, 1.82) is 0 Å². The Morgan fingerprint density at radius 2 is 1.95 bits per heavy atom. The average molecular weight is 344 g/mol. The van der Waals surface area contributed by atoms with Crippen LogP contribution in [0, 0.1) is 0 Å². The molecule has 0 aliphatic carbocycles. The van der Waals surface area contributed by atoms with Crippen LogP contribution in [-0.4, -0.2) is 38.9 Å². The molecule has 0 saturated carbocycles. The van der Waals surface area contributed by atoms with E-state index in [4.69, 9.17) is 27.6 Å². The lowest BCUT2D eigenvalue weighted by atomic mass is 10.2. The highest BCUT2D eigenvalue weighted by molar-refractivity contribution is 6.36. The van der Waals surface area contributed by atoms with Crippen LogP contribution in [-0.2, 0) is 6.54 Å². The smallest absolute Gasteiger partial charge is 0.249 e. The van der Waals surface area contributed by atoms with Gasteiger partial charge in [0, 0.05) is 17.6 Å². The molecule has 0 radical (unpaired) electrons. The molecule has 2 rings (SSSR count). The molecule has 1 heterocycles. The van der Waals surface area contributed by atoms with Gasteiger partial charge in [0.05, 0.1) is 23.2 Å². The highest BCUT2D eigenvalue weighted by Gasteiger charge is 2.18. The van der Waals surface area contributed by atoms with Crippen molar-refractivity contribution in [2.75, 3.05) is 6.54 Å². The van der Waals surface area contributed by atoms with Gasteiger partial charge in [0.15, 0.2) is 0 Å². The number of aromatic nitrogens is 2. The molecule has 1 atom stereocenters. The predicted octanol–water partition coefficient (Wildman–Crippen LogP) is 3.63. The summed E-state index contributed by atoms with van der Waals surface area (Å²) in [6.45, 7) is 6.87. The lowest BCUT2D eigenvalue weighted by Gasteiger charge is -2.25. The second-order valence-corrected chi connectivity index (χ2v) is 6.34. The Kier molecular flexibility index (Phi) is 5.81. The first-order valence-corrected chi connectivity index (χ1v) is 7.82. The Morgan fingerprint density at radius 3 is 2.55 bits per heavy atom. The summed E-state index contributed by atoms with van der Waals surface area (Å²) in [7, 11) is 0. The van der Waals surface area contributed by atoms with Crippen molar-refractivity contribution in [3.8, 4) is 11.5 Å². The summed E-state index contributed by atoms with van der Waals surface area (Å²) in [4.78, 5) is 2.06. The summed E-state index contributed by atoms with van der Waals surface area (Å²) in [5.74, 6) is 0.841. The second kappa shape index (κ2) is 7.42. The molecule has 0 bridgehead atoms. The zero-order valence-electron chi connectivity index (χ0n) is 12.8. The van der Waals surface area contributed by atoms with E-state index < -0.39 is 6.10 Å². The molecule has 1 unspecified atom stereocenters. The van der Waals surface area contributed by atoms with Crippen LogP contribution in [0.5, 0.6) is 0 Å². The van der Waals surface area contributed by atoms with Crippen LogP contribution in [0.2, 0.25) is 10.0 Å². The van der Waals surface area contributed by atoms with Crippen LogP contribution < -0.4 is 0 Å². The van der Waals surface area contributed by atoms with Crippen molar-refractivity contribution in [1.82, 2.24) is 15.1 Å². The van der Waals surface area contributed by atoms with Gasteiger partial charge in [-0.1, -0.05) is 23.2 Å². The molecule has 22 heavy (non-hydrogen) atoms. The van der Waals surface area contributed by atoms with Gasteiger partial charge in [-0.3, -0.25) is 4.90 Å². The highest BCUT2D eigenvalue weighted by atomic mass is 35.5. The molecule has 1 aromatic heterocycles. The fraction of sp³-hybridized carbons (Fsp3) is 0.467. The third-order valence-corrected chi connectivity index (χ3v) is 3.74. The van der Waals surface area contributed by atoms with Gasteiger partial charge in [-0.2, -0.15) is 0 Å². The average Bonchev–Trinajstić information content (AvgIpc) is 2.85. The van der Waals surface area contributed by atoms with Gasteiger partial charge in [0.2, 0.25) is 11.8 Å². The Balaban J connectivity index is 2.17. The number of aliphatic hydroxyl groups is 1. The van der Waals surface area contributed by atoms with Crippen molar-refractivity contribution in [3.05, 3.63) is 34.1 Å². The van der Waals surface area contributed by atoms with Crippen LogP contribution in [0.15, 0.2) is 22.6 Å². The standard InChI is InChI=1S/C15H19Cl2N3O2/c1-9(2)20(7-10(3)21)8-14-18-19-15(22-14)12-5-4-11(16)6-13(12)17/h4-6,9-10,21H,7-8H2,1-3H3. The molecular formula is C15H19Cl2N3O2. The third-order valence-electron chi connectivity index (χ3n) is 3.20. The van der Waals surface area contributed by atoms with E-state index in [1.807, 2.05) is 0 Å². The maximum atomic E-state index is 9.56. The number of hydrogen-bond donors (Lipinski definition) is 1. The lowest BCUT2D eigenvalue weighted by molar-refractivity contribution is 0.0963. The van der Waals surface area contributed by atoms with E-state index in [9.17, 15) is 5.11 Å². The minimum Gasteiger partial charge on any atom is -0.419 e. The number of aliphatic hydroxyl groups excluding tert-OH is 1. The molecule has 0 fully saturated rings. The first kappa shape index (κ1) is 17.2. The summed E-state index contributed by atoms with van der Waals surface area (Å²) < 4.78 is 5.68. The van der Waals surface area contributed by atoms with Crippen molar-refractivity contribution >= 4 is 23.2 Å². The second-order valence-electron chi connectivity index (χ2n) is 5.50. The van der Waals surface area contributed by atoms with Gasteiger partial charge in [-0.05, 0) is 39.0 Å². The molecule has 0 aliphatic rings. The Bertz CT molecular complexity index is 629. The zero-order chi connectivity index (χ0) is 16.3. The van der Waals surface area contributed by atoms with Crippen molar-refractivity contribution in [2.24, 2.45) is 0 Å². The van der Waals surface area contributed by atoms with Crippen LogP contribution in [0.25, 0.3) is 11.5 Å². The number of rotatable bonds is 6. The van der Waals surface area contributed by atoms with E-state index in [0.29, 0.717) is 40.5 Å². The van der Waals surface area contributed by atoms with Crippen LogP contribution in [0.3, 0.4) is 0 Å². The molecule has 0 aliphatic heterocycles. The summed E-state index contributed by atoms with van der Waals surface area (Å²) in [5, 5.41) is 18.7. The Morgan fingerprint density at radius 1 is 1.23 bits per heavy atom. The minimum absolute atomic E-state index is 0.254. The normalized spacial score (nSPS) is 13.1. The minimum atomic E-state index is -0.421. The molecule has 1 aromatic carbocycles. The van der Waals surface area contributed by atoms with E-state index in [0.717, 1.165) is 0 Å². The molecule has 1 N–H and O–H groups in total. The largest absolute Gasteiger partial charge is 0.419 e. The monoisotopic (exact) mass is 343 g/mol. The molecule has 5 nitrogen and oxygen atoms in total. The molecule has 0 amide bonds. The lowest BCUT2D eigenvalue weighted by Crippen LogP contribution is -2.36. The molecule has 120 valence electrons. The molecule has 2 aromatic rings. The summed E-state index contributed by atoms with van der Waals surface area (Å²) in [6, 6.07) is 5.36. The summed E-state index contributed by atoms with van der Waals surface area (Å²) in [6.07, 6.45) is -0.421. The molecule has 0 saturated heterocycles. The fourth-order valence-electron chi connectivity index (χ4n) is 2.06. The SMILES string of the molecule is CC(O)CN(Cc1nnc(-c2ccc(Cl)cc2Cl)o1)C(C)C. The van der Waals surface area contributed by atoms with Gasteiger partial charge < -0.3 is 9.52 Å². The van der Waals surface area contributed by atoms with Crippen LogP contribution in [0.4, 0.5) is 0 Å².